The second kappa shape index (κ2) is 14.3. The van der Waals surface area contributed by atoms with Gasteiger partial charge in [0.05, 0.1) is 23.8 Å². The molecule has 2 heterocycles. The summed E-state index contributed by atoms with van der Waals surface area (Å²) in [5.41, 5.74) is 0.943. The summed E-state index contributed by atoms with van der Waals surface area (Å²) in [6.07, 6.45) is -2.80. The highest BCUT2D eigenvalue weighted by Crippen LogP contribution is 2.49. The molecule has 3 aromatic rings. The number of rotatable bonds is 4. The van der Waals surface area contributed by atoms with Gasteiger partial charge in [0.15, 0.2) is 15.9 Å². The van der Waals surface area contributed by atoms with Crippen LogP contribution in [0.1, 0.15) is 56.7 Å². The Kier molecular flexibility index (Phi) is 10.1. The van der Waals surface area contributed by atoms with Gasteiger partial charge in [-0.1, -0.05) is 6.07 Å². The van der Waals surface area contributed by atoms with Crippen molar-refractivity contribution < 1.29 is 22.7 Å². The second-order valence-electron chi connectivity index (χ2n) is 14.1. The molecule has 1 amide bonds. The lowest BCUT2D eigenvalue weighted by molar-refractivity contribution is -0.137. The Bertz CT molecular complexity index is 2070. The van der Waals surface area contributed by atoms with Crippen molar-refractivity contribution >= 4 is 75.0 Å². The van der Waals surface area contributed by atoms with E-state index in [1.165, 1.54) is 6.07 Å². The van der Waals surface area contributed by atoms with Gasteiger partial charge < -0.3 is 24.8 Å². The smallest absolute Gasteiger partial charge is 0.417 e. The first-order valence-electron chi connectivity index (χ1n) is 17.0. The molecule has 2 aliphatic heterocycles. The third kappa shape index (κ3) is 7.50. The molecule has 2 saturated heterocycles. The number of anilines is 4. The standard InChI is InChI=1S/C38H37F3N8O2S2/c1-24-21-29(13-14-31(24)43-5)48-32(45-33(52)44-26-8-7-25(23-42)30(22-26)38(39,40)41)37(15-6-16-37)49(34(48)53)28-11-9-27(10-12-28)46-17-19-47(20-18-46)35(50)51-36(2,3)4/h7-14,21-22H,6,15-20H2,1-4H3,(H,44,52)/b45-32+. The number of nitrogens with zero attached hydrogens (tertiary/aromatic N) is 7. The summed E-state index contributed by atoms with van der Waals surface area (Å²) in [7, 11) is 0. The lowest BCUT2D eigenvalue weighted by atomic mass is 9.74. The maximum Gasteiger partial charge on any atom is 0.417 e. The number of hydrogen-bond donors (Lipinski definition) is 1. The third-order valence-corrected chi connectivity index (χ3v) is 10.0. The highest BCUT2D eigenvalue weighted by molar-refractivity contribution is 7.81. The van der Waals surface area contributed by atoms with Crippen LogP contribution >= 0.6 is 24.4 Å². The number of hydrogen-bond acceptors (Lipinski definition) is 6. The van der Waals surface area contributed by atoms with Gasteiger partial charge in [-0.05, 0) is 132 Å². The molecule has 0 aromatic heterocycles. The Morgan fingerprint density at radius 1 is 1.00 bits per heavy atom. The molecule has 274 valence electrons. The molecule has 0 radical (unpaired) electrons. The maximum absolute atomic E-state index is 13.7. The van der Waals surface area contributed by atoms with Gasteiger partial charge >= 0.3 is 12.3 Å². The SMILES string of the molecule is [C-]#[N+]c1ccc(N2C(=S)N(c3ccc(N4CCN(C(=O)OC(C)(C)C)CC4)cc3)C3(CCC3)/C2=N\C(=S)Nc2ccc(C#N)c(C(F)(F)F)c2)cc1C. The minimum atomic E-state index is -4.74. The number of ether oxygens (including phenoxy) is 1. The number of nitriles is 1. The molecular weight excluding hydrogens is 722 g/mol. The number of aryl methyl sites for hydroxylation is 1. The molecule has 3 aromatic carbocycles. The number of piperazine rings is 1. The quantitative estimate of drug-likeness (QED) is 0.207. The van der Waals surface area contributed by atoms with E-state index < -0.39 is 28.4 Å². The molecule has 53 heavy (non-hydrogen) atoms. The number of thiocarbonyl (C=S) groups is 2. The van der Waals surface area contributed by atoms with Crippen molar-refractivity contribution in [2.45, 2.75) is 64.3 Å². The monoisotopic (exact) mass is 758 g/mol. The Hall–Kier alpha value is -5.25. The van der Waals surface area contributed by atoms with Crippen LogP contribution in [-0.2, 0) is 10.9 Å². The number of amidine groups is 1. The second-order valence-corrected chi connectivity index (χ2v) is 14.9. The predicted octanol–water partition coefficient (Wildman–Crippen LogP) is 8.82. The molecule has 1 spiro atoms. The van der Waals surface area contributed by atoms with Gasteiger partial charge in [-0.2, -0.15) is 18.4 Å². The largest absolute Gasteiger partial charge is 0.444 e. The summed E-state index contributed by atoms with van der Waals surface area (Å²) in [5, 5.41) is 12.4. The minimum absolute atomic E-state index is 0.0390. The Balaban J connectivity index is 1.31. The number of carbonyl (C=O) groups is 1. The lowest BCUT2D eigenvalue weighted by Gasteiger charge is -2.45. The molecule has 0 atom stereocenters. The summed E-state index contributed by atoms with van der Waals surface area (Å²) < 4.78 is 46.7. The van der Waals surface area contributed by atoms with Crippen molar-refractivity contribution in [3.8, 4) is 6.07 Å². The number of aliphatic imine (C=N–C) groups is 1. The first-order valence-corrected chi connectivity index (χ1v) is 17.8. The zero-order chi connectivity index (χ0) is 38.3. The molecule has 1 aliphatic carbocycles. The fraction of sp³-hybridized carbons (Fsp3) is 0.368. The molecule has 1 saturated carbocycles. The van der Waals surface area contributed by atoms with E-state index in [2.05, 4.69) is 20.0 Å². The number of amides is 1. The van der Waals surface area contributed by atoms with E-state index in [9.17, 15) is 23.2 Å². The molecular formula is C38H37F3N8O2S2. The topological polar surface area (TPSA) is 91.8 Å². The fourth-order valence-corrected chi connectivity index (χ4v) is 7.45. The number of alkyl halides is 3. The van der Waals surface area contributed by atoms with Crippen LogP contribution in [0.25, 0.3) is 4.85 Å². The van der Waals surface area contributed by atoms with Gasteiger partial charge in [0.25, 0.3) is 0 Å². The van der Waals surface area contributed by atoms with Crippen LogP contribution in [-0.4, -0.2) is 64.4 Å². The normalized spacial score (nSPS) is 17.8. The van der Waals surface area contributed by atoms with Crippen LogP contribution in [0.4, 0.5) is 46.4 Å². The van der Waals surface area contributed by atoms with Crippen LogP contribution in [0.5, 0.6) is 0 Å². The van der Waals surface area contributed by atoms with E-state index in [4.69, 9.17) is 40.7 Å². The predicted molar refractivity (Wildman–Crippen MR) is 208 cm³/mol. The number of halogens is 3. The van der Waals surface area contributed by atoms with Gasteiger partial charge in [0, 0.05) is 48.9 Å². The van der Waals surface area contributed by atoms with Gasteiger partial charge in [-0.3, -0.25) is 4.90 Å². The number of nitrogens with one attached hydrogen (secondary N) is 1. The summed E-state index contributed by atoms with van der Waals surface area (Å²) in [6, 6.07) is 18.3. The zero-order valence-corrected chi connectivity index (χ0v) is 31.3. The van der Waals surface area contributed by atoms with Gasteiger partial charge in [-0.15, -0.1) is 0 Å². The number of carbonyl (C=O) groups excluding carboxylic acids is 1. The molecule has 3 fully saturated rings. The van der Waals surface area contributed by atoms with Gasteiger partial charge in [-0.25, -0.2) is 14.6 Å². The highest BCUT2D eigenvalue weighted by atomic mass is 32.1. The Morgan fingerprint density at radius 2 is 1.64 bits per heavy atom. The van der Waals surface area contributed by atoms with Crippen molar-refractivity contribution in [3.05, 3.63) is 88.8 Å². The van der Waals surface area contributed by atoms with Crippen molar-refractivity contribution in [1.29, 1.82) is 5.26 Å². The molecule has 0 bridgehead atoms. The molecule has 6 rings (SSSR count). The zero-order valence-electron chi connectivity index (χ0n) is 29.6. The number of benzene rings is 3. The summed E-state index contributed by atoms with van der Waals surface area (Å²) in [6.45, 7) is 17.3. The molecule has 0 unspecified atom stereocenters. The summed E-state index contributed by atoms with van der Waals surface area (Å²) >= 11 is 11.8. The van der Waals surface area contributed by atoms with Crippen LogP contribution < -0.4 is 20.0 Å². The van der Waals surface area contributed by atoms with E-state index in [0.717, 1.165) is 35.5 Å². The first kappa shape index (κ1) is 37.5. The van der Waals surface area contributed by atoms with Crippen molar-refractivity contribution in [1.82, 2.24) is 4.90 Å². The Morgan fingerprint density at radius 3 is 2.19 bits per heavy atom. The first-order chi connectivity index (χ1) is 25.0. The van der Waals surface area contributed by atoms with Crippen LogP contribution in [0.15, 0.2) is 65.7 Å². The third-order valence-electron chi connectivity index (χ3n) is 9.49. The van der Waals surface area contributed by atoms with E-state index >= 15 is 0 Å². The summed E-state index contributed by atoms with van der Waals surface area (Å²) in [5.74, 6) is 0.522. The van der Waals surface area contributed by atoms with Gasteiger partial charge in [0.2, 0.25) is 0 Å². The van der Waals surface area contributed by atoms with Crippen molar-refractivity contribution in [2.75, 3.05) is 46.2 Å². The maximum atomic E-state index is 13.7. The van der Waals surface area contributed by atoms with E-state index in [1.807, 2.05) is 62.9 Å². The van der Waals surface area contributed by atoms with Gasteiger partial charge in [0.1, 0.15) is 17.0 Å². The van der Waals surface area contributed by atoms with E-state index in [-0.39, 0.29) is 16.9 Å². The average molecular weight is 759 g/mol. The molecule has 3 aliphatic rings. The van der Waals surface area contributed by atoms with E-state index in [0.29, 0.717) is 61.3 Å². The average Bonchev–Trinajstić information content (AvgIpc) is 3.35. The molecule has 10 nitrogen and oxygen atoms in total. The van der Waals surface area contributed by atoms with Crippen LogP contribution in [0.3, 0.4) is 0 Å². The van der Waals surface area contributed by atoms with E-state index in [1.54, 1.807) is 23.1 Å². The molecule has 15 heteroatoms. The van der Waals surface area contributed by atoms with Crippen LogP contribution in [0.2, 0.25) is 0 Å². The van der Waals surface area contributed by atoms with Crippen LogP contribution in [0, 0.1) is 24.8 Å². The Labute approximate surface area is 317 Å². The fourth-order valence-electron chi connectivity index (χ4n) is 6.78. The van der Waals surface area contributed by atoms with Crippen molar-refractivity contribution in [2.24, 2.45) is 4.99 Å². The summed E-state index contributed by atoms with van der Waals surface area (Å²) in [4.78, 5) is 28.9. The minimum Gasteiger partial charge on any atom is -0.444 e. The highest BCUT2D eigenvalue weighted by Gasteiger charge is 2.58. The lowest BCUT2D eigenvalue weighted by Crippen LogP contribution is -2.55. The van der Waals surface area contributed by atoms with Crippen molar-refractivity contribution in [3.63, 3.8) is 0 Å². The molecule has 1 N–H and O–H groups in total.